The topological polar surface area (TPSA) is 107 Å². The maximum absolute atomic E-state index is 12.3. The molecule has 1 aliphatic rings. The summed E-state index contributed by atoms with van der Waals surface area (Å²) in [5.74, 6) is -0.159. The summed E-state index contributed by atoms with van der Waals surface area (Å²) in [4.78, 5) is 14.0. The van der Waals surface area contributed by atoms with Crippen LogP contribution in [0.3, 0.4) is 0 Å². The number of amides is 1. The number of hydrogen-bond donors (Lipinski definition) is 4. The maximum atomic E-state index is 12.3. The third-order valence-corrected chi connectivity index (χ3v) is 3.95. The molecule has 1 aliphatic heterocycles. The molecule has 21 heavy (non-hydrogen) atoms. The largest absolute Gasteiger partial charge is 0.504 e. The minimum Gasteiger partial charge on any atom is -0.504 e. The number of likely N-dealkylation sites (tertiary alicyclic amines) is 1. The fourth-order valence-corrected chi connectivity index (χ4v) is 2.72. The Labute approximate surface area is 123 Å². The van der Waals surface area contributed by atoms with Crippen LogP contribution in [0.4, 0.5) is 0 Å². The molecular weight excluding hydrogens is 272 g/mol. The lowest BCUT2D eigenvalue weighted by atomic mass is 10.0. The summed E-state index contributed by atoms with van der Waals surface area (Å²) in [6.07, 6.45) is 1.93. The lowest BCUT2D eigenvalue weighted by Gasteiger charge is -2.21. The first-order valence-corrected chi connectivity index (χ1v) is 7.17. The number of carbonyl (C=O) groups is 1. The first-order valence-electron chi connectivity index (χ1n) is 7.17. The maximum Gasteiger partial charge on any atom is 0.239 e. The first kappa shape index (κ1) is 15.6. The van der Waals surface area contributed by atoms with Gasteiger partial charge in [-0.1, -0.05) is 6.07 Å². The quantitative estimate of drug-likeness (QED) is 0.580. The van der Waals surface area contributed by atoms with Crippen molar-refractivity contribution in [3.8, 4) is 11.5 Å². The Morgan fingerprint density at radius 2 is 2.14 bits per heavy atom. The summed E-state index contributed by atoms with van der Waals surface area (Å²) in [7, 11) is 0. The summed E-state index contributed by atoms with van der Waals surface area (Å²) < 4.78 is 0. The number of rotatable bonds is 5. The number of aliphatic hydroxyl groups is 1. The van der Waals surface area contributed by atoms with E-state index in [1.807, 2.05) is 0 Å². The predicted octanol–water partition coefficient (Wildman–Crippen LogP) is 0.198. The van der Waals surface area contributed by atoms with E-state index in [4.69, 9.17) is 10.8 Å². The van der Waals surface area contributed by atoms with Crippen LogP contribution in [0.2, 0.25) is 0 Å². The van der Waals surface area contributed by atoms with E-state index in [1.165, 1.54) is 12.1 Å². The van der Waals surface area contributed by atoms with Crippen LogP contribution in [0.25, 0.3) is 0 Å². The molecule has 0 aromatic heterocycles. The molecule has 0 saturated carbocycles. The fraction of sp³-hybridized carbons (Fsp3) is 0.533. The molecule has 0 radical (unpaired) electrons. The lowest BCUT2D eigenvalue weighted by Crippen LogP contribution is -2.43. The van der Waals surface area contributed by atoms with Crippen LogP contribution in [0.5, 0.6) is 11.5 Å². The molecular formula is C15H22N2O4. The van der Waals surface area contributed by atoms with Gasteiger partial charge in [-0.05, 0) is 42.9 Å². The minimum absolute atomic E-state index is 0.108. The Morgan fingerprint density at radius 1 is 1.38 bits per heavy atom. The smallest absolute Gasteiger partial charge is 0.239 e. The van der Waals surface area contributed by atoms with Crippen molar-refractivity contribution >= 4 is 5.91 Å². The molecule has 1 unspecified atom stereocenters. The summed E-state index contributed by atoms with van der Waals surface area (Å²) >= 11 is 0. The van der Waals surface area contributed by atoms with Crippen LogP contribution < -0.4 is 5.73 Å². The Bertz CT molecular complexity index is 506. The van der Waals surface area contributed by atoms with Crippen molar-refractivity contribution in [2.24, 2.45) is 11.7 Å². The molecule has 1 amide bonds. The van der Waals surface area contributed by atoms with E-state index in [1.54, 1.807) is 11.0 Å². The number of nitrogens with two attached hydrogens (primary N) is 1. The first-order chi connectivity index (χ1) is 10.0. The third kappa shape index (κ3) is 3.86. The molecule has 2 atom stereocenters. The average Bonchev–Trinajstić information content (AvgIpc) is 2.91. The zero-order valence-electron chi connectivity index (χ0n) is 11.9. The number of phenolic OH excluding ortho intramolecular Hbond substituents is 2. The summed E-state index contributed by atoms with van der Waals surface area (Å²) in [5, 5.41) is 27.6. The highest BCUT2D eigenvalue weighted by Gasteiger charge is 2.29. The molecule has 0 spiro atoms. The van der Waals surface area contributed by atoms with Gasteiger partial charge in [0.2, 0.25) is 5.91 Å². The van der Waals surface area contributed by atoms with E-state index in [9.17, 15) is 15.0 Å². The Morgan fingerprint density at radius 3 is 2.81 bits per heavy atom. The summed E-state index contributed by atoms with van der Waals surface area (Å²) in [6.45, 7) is 1.47. The molecule has 1 aromatic carbocycles. The number of carbonyl (C=O) groups excluding carboxylic acids is 1. The molecule has 0 bridgehead atoms. The van der Waals surface area contributed by atoms with Crippen molar-refractivity contribution in [1.82, 2.24) is 4.90 Å². The number of nitrogens with zero attached hydrogens (tertiary/aromatic N) is 1. The minimum atomic E-state index is -0.665. The van der Waals surface area contributed by atoms with E-state index in [-0.39, 0.29) is 24.0 Å². The predicted molar refractivity (Wildman–Crippen MR) is 77.8 cm³/mol. The molecule has 5 N–H and O–H groups in total. The van der Waals surface area contributed by atoms with E-state index in [0.29, 0.717) is 37.4 Å². The van der Waals surface area contributed by atoms with Crippen LogP contribution >= 0.6 is 0 Å². The molecule has 1 saturated heterocycles. The van der Waals surface area contributed by atoms with Gasteiger partial charge in [0.15, 0.2) is 11.5 Å². The van der Waals surface area contributed by atoms with Crippen LogP contribution in [0, 0.1) is 5.92 Å². The van der Waals surface area contributed by atoms with Gasteiger partial charge in [-0.2, -0.15) is 0 Å². The number of aliphatic hydroxyl groups excluding tert-OH is 1. The van der Waals surface area contributed by atoms with Crippen molar-refractivity contribution in [2.75, 3.05) is 19.7 Å². The highest BCUT2D eigenvalue weighted by molar-refractivity contribution is 5.82. The number of benzene rings is 1. The van der Waals surface area contributed by atoms with Gasteiger partial charge < -0.3 is 26.0 Å². The van der Waals surface area contributed by atoms with Crippen molar-refractivity contribution in [2.45, 2.75) is 25.3 Å². The van der Waals surface area contributed by atoms with Gasteiger partial charge in [0.25, 0.3) is 0 Å². The normalized spacial score (nSPS) is 19.7. The van der Waals surface area contributed by atoms with E-state index in [2.05, 4.69) is 0 Å². The van der Waals surface area contributed by atoms with E-state index < -0.39 is 6.04 Å². The summed E-state index contributed by atoms with van der Waals surface area (Å²) in [5.41, 5.74) is 6.66. The monoisotopic (exact) mass is 294 g/mol. The third-order valence-electron chi connectivity index (χ3n) is 3.95. The molecule has 1 aromatic rings. The molecule has 0 aliphatic carbocycles. The molecule has 116 valence electrons. The highest BCUT2D eigenvalue weighted by Crippen LogP contribution is 2.26. The van der Waals surface area contributed by atoms with Crippen molar-refractivity contribution in [3.05, 3.63) is 23.8 Å². The Hall–Kier alpha value is -1.79. The zero-order chi connectivity index (χ0) is 15.4. The Balaban J connectivity index is 1.92. The summed E-state index contributed by atoms with van der Waals surface area (Å²) in [6, 6.07) is 3.78. The Kier molecular flexibility index (Phi) is 5.03. The van der Waals surface area contributed by atoms with Crippen molar-refractivity contribution in [3.63, 3.8) is 0 Å². The van der Waals surface area contributed by atoms with E-state index >= 15 is 0 Å². The fourth-order valence-electron chi connectivity index (χ4n) is 2.72. The molecule has 6 nitrogen and oxygen atoms in total. The second-order valence-corrected chi connectivity index (χ2v) is 5.58. The van der Waals surface area contributed by atoms with Gasteiger partial charge in [0.1, 0.15) is 0 Å². The molecule has 6 heteroatoms. The van der Waals surface area contributed by atoms with Crippen LogP contribution in [0.1, 0.15) is 18.4 Å². The van der Waals surface area contributed by atoms with Crippen LogP contribution in [0.15, 0.2) is 18.2 Å². The molecule has 1 fully saturated rings. The average molecular weight is 294 g/mol. The second-order valence-electron chi connectivity index (χ2n) is 5.58. The number of phenols is 2. The molecule has 1 heterocycles. The second kappa shape index (κ2) is 6.78. The molecule has 2 rings (SSSR count). The van der Waals surface area contributed by atoms with Gasteiger partial charge in [-0.3, -0.25) is 4.79 Å². The van der Waals surface area contributed by atoms with Gasteiger partial charge in [-0.25, -0.2) is 0 Å². The SMILES string of the molecule is N[C@@H](Cc1ccc(O)c(O)c1)C(=O)N1CCC(CCO)C1. The van der Waals surface area contributed by atoms with Gasteiger partial charge in [-0.15, -0.1) is 0 Å². The number of aromatic hydroxyl groups is 2. The van der Waals surface area contributed by atoms with Crippen LogP contribution in [-0.4, -0.2) is 51.9 Å². The number of hydrogen-bond acceptors (Lipinski definition) is 5. The van der Waals surface area contributed by atoms with Crippen molar-refractivity contribution in [1.29, 1.82) is 0 Å². The van der Waals surface area contributed by atoms with Gasteiger partial charge in [0.05, 0.1) is 6.04 Å². The standard InChI is InChI=1S/C15H22N2O4/c16-12(7-11-1-2-13(19)14(20)8-11)15(21)17-5-3-10(9-17)4-6-18/h1-2,8,10,12,18-20H,3-7,9,16H2/t10?,12-/m0/s1. The van der Waals surface area contributed by atoms with Crippen molar-refractivity contribution < 1.29 is 20.1 Å². The van der Waals surface area contributed by atoms with E-state index in [0.717, 1.165) is 6.42 Å². The van der Waals surface area contributed by atoms with Gasteiger partial charge >= 0.3 is 0 Å². The lowest BCUT2D eigenvalue weighted by molar-refractivity contribution is -0.131. The zero-order valence-corrected chi connectivity index (χ0v) is 11.9. The highest BCUT2D eigenvalue weighted by atomic mass is 16.3. The van der Waals surface area contributed by atoms with Gasteiger partial charge in [0, 0.05) is 19.7 Å². The van der Waals surface area contributed by atoms with Crippen LogP contribution in [-0.2, 0) is 11.2 Å².